The largest absolute Gasteiger partial charge is 0.508 e. The number of nitrogens with one attached hydrogen (secondary N) is 1. The molecule has 42 heavy (non-hydrogen) atoms. The summed E-state index contributed by atoms with van der Waals surface area (Å²) in [6.07, 6.45) is 5.50. The Kier molecular flexibility index (Phi) is 7.11. The Balaban J connectivity index is 1.32. The fourth-order valence-corrected chi connectivity index (χ4v) is 7.35. The summed E-state index contributed by atoms with van der Waals surface area (Å²) in [5.74, 6) is 0.154. The van der Waals surface area contributed by atoms with Gasteiger partial charge in [0.25, 0.3) is 0 Å². The monoisotopic (exact) mass is 589 g/mol. The molecule has 3 saturated heterocycles. The first-order valence-corrected chi connectivity index (χ1v) is 15.5. The summed E-state index contributed by atoms with van der Waals surface area (Å²) in [7, 11) is 0. The van der Waals surface area contributed by atoms with Crippen LogP contribution in [-0.2, 0) is 0 Å². The summed E-state index contributed by atoms with van der Waals surface area (Å²) in [6, 6.07) is 13.5. The van der Waals surface area contributed by atoms with Crippen molar-refractivity contribution < 1.29 is 14.2 Å². The van der Waals surface area contributed by atoms with Gasteiger partial charge in [0.1, 0.15) is 17.1 Å². The van der Waals surface area contributed by atoms with Gasteiger partial charge in [-0.1, -0.05) is 35.9 Å². The van der Waals surface area contributed by atoms with Crippen LogP contribution in [0, 0.1) is 5.82 Å². The van der Waals surface area contributed by atoms with Crippen molar-refractivity contribution in [3.8, 4) is 22.9 Å². The van der Waals surface area contributed by atoms with Crippen LogP contribution in [0.4, 0.5) is 10.2 Å². The van der Waals surface area contributed by atoms with Crippen LogP contribution in [-0.4, -0.2) is 70.4 Å². The number of hydrogen-bond donors (Lipinski definition) is 2. The van der Waals surface area contributed by atoms with Crippen LogP contribution in [0.1, 0.15) is 46.0 Å². The van der Waals surface area contributed by atoms with Crippen LogP contribution < -0.4 is 15.0 Å². The SMILES string of the molecule is CC(C)(CCOc1nc(N2C[C@H]3CC[C@@H](C2)N3)c2cc(Cl)c(-c3cc(O)cc4ccccc34)c(F)c2n1)N1CCCC1. The highest BCUT2D eigenvalue weighted by Crippen LogP contribution is 2.43. The Hall–Kier alpha value is -3.20. The molecule has 3 aromatic carbocycles. The molecule has 2 bridgehead atoms. The summed E-state index contributed by atoms with van der Waals surface area (Å²) in [4.78, 5) is 14.3. The highest BCUT2D eigenvalue weighted by molar-refractivity contribution is 6.35. The maximum Gasteiger partial charge on any atom is 0.319 e. The van der Waals surface area contributed by atoms with Gasteiger partial charge in [0, 0.05) is 41.7 Å². The lowest BCUT2D eigenvalue weighted by molar-refractivity contribution is 0.118. The second-order valence-corrected chi connectivity index (χ2v) is 13.0. The molecule has 0 radical (unpaired) electrons. The Bertz CT molecular complexity index is 1650. The smallest absolute Gasteiger partial charge is 0.319 e. The summed E-state index contributed by atoms with van der Waals surface area (Å²) in [5, 5.41) is 16.6. The van der Waals surface area contributed by atoms with Gasteiger partial charge < -0.3 is 20.1 Å². The fourth-order valence-electron chi connectivity index (χ4n) is 7.06. The third-order valence-electron chi connectivity index (χ3n) is 9.38. The average Bonchev–Trinajstić information content (AvgIpc) is 3.63. The summed E-state index contributed by atoms with van der Waals surface area (Å²) < 4.78 is 22.9. The first-order chi connectivity index (χ1) is 20.3. The van der Waals surface area contributed by atoms with Crippen molar-refractivity contribution in [3.05, 3.63) is 53.3 Å². The molecular weight excluding hydrogens is 553 g/mol. The van der Waals surface area contributed by atoms with Gasteiger partial charge in [0.2, 0.25) is 0 Å². The molecule has 0 spiro atoms. The van der Waals surface area contributed by atoms with Crippen LogP contribution >= 0.6 is 11.6 Å². The molecule has 220 valence electrons. The molecule has 0 unspecified atom stereocenters. The minimum absolute atomic E-state index is 0.00375. The highest BCUT2D eigenvalue weighted by Gasteiger charge is 2.35. The predicted octanol–water partition coefficient (Wildman–Crippen LogP) is 6.53. The number of phenols is 1. The molecule has 0 aliphatic carbocycles. The number of anilines is 1. The zero-order chi connectivity index (χ0) is 29.0. The minimum atomic E-state index is -0.544. The second-order valence-electron chi connectivity index (χ2n) is 12.6. The van der Waals surface area contributed by atoms with Crippen molar-refractivity contribution in [3.63, 3.8) is 0 Å². The predicted molar refractivity (Wildman–Crippen MR) is 166 cm³/mol. The molecule has 9 heteroatoms. The summed E-state index contributed by atoms with van der Waals surface area (Å²) in [5.41, 5.74) is 0.898. The lowest BCUT2D eigenvalue weighted by Crippen LogP contribution is -2.51. The van der Waals surface area contributed by atoms with Crippen molar-refractivity contribution in [1.82, 2.24) is 20.2 Å². The number of aromatic hydroxyl groups is 1. The number of nitrogens with zero attached hydrogens (tertiary/aromatic N) is 4. The molecule has 7 rings (SSSR count). The number of benzene rings is 3. The molecular formula is C33H37ClFN5O2. The number of likely N-dealkylation sites (tertiary alicyclic amines) is 1. The van der Waals surface area contributed by atoms with E-state index in [9.17, 15) is 5.11 Å². The first-order valence-electron chi connectivity index (χ1n) is 15.1. The van der Waals surface area contributed by atoms with E-state index >= 15 is 4.39 Å². The number of hydrogen-bond acceptors (Lipinski definition) is 7. The van der Waals surface area contributed by atoms with Gasteiger partial charge >= 0.3 is 6.01 Å². The third kappa shape index (κ3) is 5.03. The van der Waals surface area contributed by atoms with Crippen LogP contribution in [0.5, 0.6) is 11.8 Å². The molecule has 4 heterocycles. The number of aromatic nitrogens is 2. The standard InChI is InChI=1S/C33H37ClFN5O2/c1-33(2,40-12-5-6-13-40)11-14-42-32-37-30-26(31(38-32)39-18-21-9-10-22(19-39)36-21)17-27(34)28(29(30)35)25-16-23(41)15-20-7-3-4-8-24(20)25/h3-4,7-8,15-17,21-22,36,41H,5-6,9-14,18-19H2,1-2H3/t21-,22+. The molecule has 3 aliphatic heterocycles. The lowest BCUT2D eigenvalue weighted by atomic mass is 9.96. The maximum absolute atomic E-state index is 16.7. The normalized spacial score (nSPS) is 21.1. The van der Waals surface area contributed by atoms with Crippen molar-refractivity contribution in [2.45, 2.75) is 63.6 Å². The van der Waals surface area contributed by atoms with Crippen LogP contribution in [0.3, 0.4) is 0 Å². The van der Waals surface area contributed by atoms with Gasteiger partial charge in [0.15, 0.2) is 5.82 Å². The van der Waals surface area contributed by atoms with Gasteiger partial charge in [-0.2, -0.15) is 9.97 Å². The lowest BCUT2D eigenvalue weighted by Gasteiger charge is -2.35. The topological polar surface area (TPSA) is 73.8 Å². The number of phenolic OH excluding ortho intramolecular Hbond substituents is 1. The Morgan fingerprint density at radius 2 is 1.79 bits per heavy atom. The van der Waals surface area contributed by atoms with Crippen molar-refractivity contribution in [2.75, 3.05) is 37.7 Å². The second kappa shape index (κ2) is 10.8. The van der Waals surface area contributed by atoms with E-state index < -0.39 is 5.82 Å². The number of ether oxygens (including phenoxy) is 1. The van der Waals surface area contributed by atoms with Crippen molar-refractivity contribution in [1.29, 1.82) is 0 Å². The Labute approximate surface area is 250 Å². The van der Waals surface area contributed by atoms with Crippen LogP contribution in [0.15, 0.2) is 42.5 Å². The average molecular weight is 590 g/mol. The molecule has 3 aliphatic rings. The van der Waals surface area contributed by atoms with Gasteiger partial charge in [0.05, 0.1) is 11.6 Å². The Morgan fingerprint density at radius 3 is 2.55 bits per heavy atom. The van der Waals surface area contributed by atoms with E-state index in [1.165, 1.54) is 12.8 Å². The summed E-state index contributed by atoms with van der Waals surface area (Å²) >= 11 is 6.87. The third-order valence-corrected chi connectivity index (χ3v) is 9.68. The summed E-state index contributed by atoms with van der Waals surface area (Å²) in [6.45, 7) is 8.70. The van der Waals surface area contributed by atoms with E-state index in [1.54, 1.807) is 18.2 Å². The zero-order valence-electron chi connectivity index (χ0n) is 24.2. The van der Waals surface area contributed by atoms with Crippen LogP contribution in [0.2, 0.25) is 5.02 Å². The molecule has 1 aromatic heterocycles. The highest BCUT2D eigenvalue weighted by atomic mass is 35.5. The quantitative estimate of drug-likeness (QED) is 0.254. The Morgan fingerprint density at radius 1 is 1.05 bits per heavy atom. The van der Waals surface area contributed by atoms with Crippen LogP contribution in [0.25, 0.3) is 32.8 Å². The van der Waals surface area contributed by atoms with E-state index in [0.717, 1.165) is 56.2 Å². The van der Waals surface area contributed by atoms with E-state index in [2.05, 4.69) is 33.9 Å². The number of rotatable bonds is 7. The van der Waals surface area contributed by atoms with E-state index in [1.807, 2.05) is 24.3 Å². The first kappa shape index (κ1) is 27.6. The van der Waals surface area contributed by atoms with Crippen molar-refractivity contribution in [2.24, 2.45) is 0 Å². The molecule has 2 atom stereocenters. The fraction of sp³-hybridized carbons (Fsp3) is 0.455. The number of halogens is 2. The van der Waals surface area contributed by atoms with Gasteiger partial charge in [-0.25, -0.2) is 4.39 Å². The van der Waals surface area contributed by atoms with E-state index in [-0.39, 0.29) is 33.4 Å². The van der Waals surface area contributed by atoms with Gasteiger partial charge in [-0.05, 0) is 93.6 Å². The van der Waals surface area contributed by atoms with Crippen molar-refractivity contribution >= 4 is 39.1 Å². The molecule has 3 fully saturated rings. The molecule has 4 aromatic rings. The molecule has 7 nitrogen and oxygen atoms in total. The molecule has 0 amide bonds. The number of fused-ring (bicyclic) bond motifs is 4. The number of piperazine rings is 1. The van der Waals surface area contributed by atoms with Gasteiger partial charge in [-0.3, -0.25) is 4.90 Å². The maximum atomic E-state index is 16.7. The van der Waals surface area contributed by atoms with E-state index in [4.69, 9.17) is 21.3 Å². The van der Waals surface area contributed by atoms with Gasteiger partial charge in [-0.15, -0.1) is 0 Å². The van der Waals surface area contributed by atoms with E-state index in [0.29, 0.717) is 35.5 Å². The zero-order valence-corrected chi connectivity index (χ0v) is 24.9. The molecule has 0 saturated carbocycles. The molecule has 2 N–H and O–H groups in total. The minimum Gasteiger partial charge on any atom is -0.508 e.